The third kappa shape index (κ3) is 6.12. The second-order valence-corrected chi connectivity index (χ2v) is 14.3. The molecule has 10 heteroatoms. The summed E-state index contributed by atoms with van der Waals surface area (Å²) in [6, 6.07) is 9.80. The normalized spacial score (nSPS) is 27.1. The number of amides is 1. The van der Waals surface area contributed by atoms with E-state index in [1.54, 1.807) is 16.8 Å². The SMILES string of the molecule is COC(=O)CC12CCC(Nc3cc(-c4ccc5cc(C#N)cnn45)ncc3C(=O)NC3CCC(CC(=O)C4CC4)CC3)(CC1)CC2. The molecule has 10 nitrogen and oxygen atoms in total. The van der Waals surface area contributed by atoms with Crippen LogP contribution in [-0.4, -0.2) is 50.9 Å². The molecule has 8 rings (SSSR count). The number of carbonyl (C=O) groups is 3. The molecular formula is C36H42N6O4. The summed E-state index contributed by atoms with van der Waals surface area (Å²) < 4.78 is 6.77. The number of hydrogen-bond acceptors (Lipinski definition) is 8. The maximum atomic E-state index is 13.9. The molecule has 2 bridgehead atoms. The monoisotopic (exact) mass is 622 g/mol. The molecule has 0 unspecified atom stereocenters. The summed E-state index contributed by atoms with van der Waals surface area (Å²) in [5.74, 6) is 0.888. The van der Waals surface area contributed by atoms with Crippen LogP contribution in [0.2, 0.25) is 0 Å². The predicted molar refractivity (Wildman–Crippen MR) is 172 cm³/mol. The Balaban J connectivity index is 1.12. The molecule has 5 fully saturated rings. The fourth-order valence-electron chi connectivity index (χ4n) is 8.14. The number of methoxy groups -OCH3 is 1. The molecule has 5 saturated carbocycles. The molecule has 0 spiro atoms. The van der Waals surface area contributed by atoms with Gasteiger partial charge in [0, 0.05) is 30.1 Å². The molecule has 240 valence electrons. The van der Waals surface area contributed by atoms with Crippen LogP contribution < -0.4 is 10.6 Å². The molecule has 2 N–H and O–H groups in total. The second kappa shape index (κ2) is 12.2. The van der Waals surface area contributed by atoms with Gasteiger partial charge in [-0.15, -0.1) is 0 Å². The van der Waals surface area contributed by atoms with Crippen molar-refractivity contribution in [3.63, 3.8) is 0 Å². The lowest BCUT2D eigenvalue weighted by molar-refractivity contribution is -0.145. The molecule has 5 aliphatic carbocycles. The highest BCUT2D eigenvalue weighted by Gasteiger charge is 2.49. The maximum Gasteiger partial charge on any atom is 0.306 e. The van der Waals surface area contributed by atoms with Crippen LogP contribution in [0.4, 0.5) is 5.69 Å². The maximum absolute atomic E-state index is 13.9. The molecule has 0 atom stereocenters. The summed E-state index contributed by atoms with van der Waals surface area (Å²) in [5.41, 5.74) is 3.83. The Labute approximate surface area is 269 Å². The highest BCUT2D eigenvalue weighted by atomic mass is 16.5. The van der Waals surface area contributed by atoms with Crippen molar-refractivity contribution < 1.29 is 19.1 Å². The summed E-state index contributed by atoms with van der Waals surface area (Å²) in [5, 5.41) is 20.9. The number of ketones is 1. The number of Topliss-reactive ketones (excluding diaryl/α,β-unsaturated/α-hetero) is 1. The minimum atomic E-state index is -0.168. The quantitative estimate of drug-likeness (QED) is 0.263. The predicted octanol–water partition coefficient (Wildman–Crippen LogP) is 5.99. The van der Waals surface area contributed by atoms with Gasteiger partial charge < -0.3 is 15.4 Å². The van der Waals surface area contributed by atoms with Crippen LogP contribution >= 0.6 is 0 Å². The third-order valence-electron chi connectivity index (χ3n) is 11.3. The highest BCUT2D eigenvalue weighted by Crippen LogP contribution is 2.55. The zero-order chi connectivity index (χ0) is 31.9. The number of nitrogens with one attached hydrogen (secondary N) is 2. The van der Waals surface area contributed by atoms with Crippen molar-refractivity contribution in [2.24, 2.45) is 17.3 Å². The molecule has 0 radical (unpaired) electrons. The van der Waals surface area contributed by atoms with E-state index in [0.29, 0.717) is 47.3 Å². The van der Waals surface area contributed by atoms with Gasteiger partial charge in [0.05, 0.1) is 53.4 Å². The van der Waals surface area contributed by atoms with Gasteiger partial charge in [0.25, 0.3) is 5.91 Å². The standard InChI is InChI=1S/C36H42N6O4/c1-46-33(44)19-35-10-13-36(14-11-35,15-12-35)41-29-18-30(31-9-8-27-16-24(20-37)21-39-42(27)31)38-22-28(29)34(45)40-26-6-2-23(3-7-26)17-32(43)25-4-5-25/h8-9,16,18,21-23,25-26H,2-7,10-15,17,19H2,1H3,(H,38,41)(H,40,45). The lowest BCUT2D eigenvalue weighted by Crippen LogP contribution is -2.51. The van der Waals surface area contributed by atoms with Gasteiger partial charge in [0.2, 0.25) is 0 Å². The lowest BCUT2D eigenvalue weighted by atomic mass is 9.56. The van der Waals surface area contributed by atoms with E-state index in [2.05, 4.69) is 21.8 Å². The molecule has 3 aromatic rings. The Morgan fingerprint density at radius 2 is 1.74 bits per heavy atom. The summed E-state index contributed by atoms with van der Waals surface area (Å²) >= 11 is 0. The fraction of sp³-hybridized carbons (Fsp3) is 0.556. The van der Waals surface area contributed by atoms with Gasteiger partial charge in [0.15, 0.2) is 0 Å². The van der Waals surface area contributed by atoms with E-state index < -0.39 is 0 Å². The first kappa shape index (κ1) is 30.4. The van der Waals surface area contributed by atoms with Crippen molar-refractivity contribution in [2.75, 3.05) is 12.4 Å². The van der Waals surface area contributed by atoms with E-state index in [-0.39, 0.29) is 28.9 Å². The Morgan fingerprint density at radius 1 is 1.00 bits per heavy atom. The topological polar surface area (TPSA) is 138 Å². The summed E-state index contributed by atoms with van der Waals surface area (Å²) in [6.45, 7) is 0. The fourth-order valence-corrected chi connectivity index (χ4v) is 8.14. The lowest BCUT2D eigenvalue weighted by Gasteiger charge is -2.54. The number of aromatic nitrogens is 3. The van der Waals surface area contributed by atoms with Crippen molar-refractivity contribution in [1.29, 1.82) is 5.26 Å². The largest absolute Gasteiger partial charge is 0.469 e. The van der Waals surface area contributed by atoms with E-state index in [0.717, 1.165) is 93.9 Å². The van der Waals surface area contributed by atoms with Gasteiger partial charge >= 0.3 is 5.97 Å². The molecule has 0 aromatic carbocycles. The zero-order valence-electron chi connectivity index (χ0n) is 26.5. The number of hydrogen-bond donors (Lipinski definition) is 2. The number of rotatable bonds is 10. The van der Waals surface area contributed by atoms with E-state index in [1.165, 1.54) is 13.3 Å². The first-order valence-corrected chi connectivity index (χ1v) is 16.8. The van der Waals surface area contributed by atoms with Crippen LogP contribution in [-0.2, 0) is 14.3 Å². The van der Waals surface area contributed by atoms with E-state index in [4.69, 9.17) is 9.72 Å². The summed E-state index contributed by atoms with van der Waals surface area (Å²) in [6.07, 6.45) is 15.7. The number of anilines is 1. The van der Waals surface area contributed by atoms with Crippen molar-refractivity contribution in [3.05, 3.63) is 47.8 Å². The van der Waals surface area contributed by atoms with Crippen LogP contribution in [0.3, 0.4) is 0 Å². The summed E-state index contributed by atoms with van der Waals surface area (Å²) in [7, 11) is 1.46. The Morgan fingerprint density at radius 3 is 2.41 bits per heavy atom. The van der Waals surface area contributed by atoms with Crippen LogP contribution in [0, 0.1) is 28.6 Å². The number of fused-ring (bicyclic) bond motifs is 4. The number of pyridine rings is 1. The van der Waals surface area contributed by atoms with Gasteiger partial charge in [-0.25, -0.2) is 4.52 Å². The second-order valence-electron chi connectivity index (χ2n) is 14.3. The van der Waals surface area contributed by atoms with Crippen LogP contribution in [0.5, 0.6) is 0 Å². The van der Waals surface area contributed by atoms with Crippen molar-refractivity contribution >= 4 is 28.9 Å². The molecule has 5 aliphatic rings. The van der Waals surface area contributed by atoms with Gasteiger partial charge in [-0.3, -0.25) is 19.4 Å². The van der Waals surface area contributed by atoms with Gasteiger partial charge in [-0.2, -0.15) is 10.4 Å². The van der Waals surface area contributed by atoms with Crippen molar-refractivity contribution in [1.82, 2.24) is 19.9 Å². The average Bonchev–Trinajstić information content (AvgIpc) is 3.85. The number of nitrogens with zero attached hydrogens (tertiary/aromatic N) is 4. The Kier molecular flexibility index (Phi) is 8.04. The zero-order valence-corrected chi connectivity index (χ0v) is 26.5. The average molecular weight is 623 g/mol. The minimum Gasteiger partial charge on any atom is -0.469 e. The number of nitriles is 1. The molecule has 3 heterocycles. The van der Waals surface area contributed by atoms with Crippen LogP contribution in [0.15, 0.2) is 36.7 Å². The molecule has 1 amide bonds. The van der Waals surface area contributed by atoms with Gasteiger partial charge in [-0.1, -0.05) is 0 Å². The van der Waals surface area contributed by atoms with E-state index in [9.17, 15) is 19.6 Å². The van der Waals surface area contributed by atoms with Crippen molar-refractivity contribution in [2.45, 2.75) is 101 Å². The Hall–Kier alpha value is -4.26. The van der Waals surface area contributed by atoms with Gasteiger partial charge in [-0.05, 0) is 113 Å². The molecule has 0 aliphatic heterocycles. The number of esters is 1. The van der Waals surface area contributed by atoms with Crippen LogP contribution in [0.25, 0.3) is 16.9 Å². The molecule has 46 heavy (non-hydrogen) atoms. The summed E-state index contributed by atoms with van der Waals surface area (Å²) in [4.78, 5) is 43.1. The Bertz CT molecular complexity index is 1690. The smallest absolute Gasteiger partial charge is 0.306 e. The molecular weight excluding hydrogens is 580 g/mol. The number of carbonyl (C=O) groups excluding carboxylic acids is 3. The molecule has 3 aromatic heterocycles. The first-order valence-electron chi connectivity index (χ1n) is 16.8. The first-order chi connectivity index (χ1) is 22.3. The van der Waals surface area contributed by atoms with E-state index >= 15 is 0 Å². The highest BCUT2D eigenvalue weighted by molar-refractivity contribution is 6.00. The number of ether oxygens (including phenoxy) is 1. The molecule has 0 saturated heterocycles. The minimum absolute atomic E-state index is 0.00103. The van der Waals surface area contributed by atoms with Gasteiger partial charge in [0.1, 0.15) is 11.9 Å². The van der Waals surface area contributed by atoms with Crippen LogP contribution in [0.1, 0.15) is 106 Å². The van der Waals surface area contributed by atoms with E-state index in [1.807, 2.05) is 18.2 Å². The third-order valence-corrected chi connectivity index (χ3v) is 11.3. The van der Waals surface area contributed by atoms with Crippen molar-refractivity contribution in [3.8, 4) is 17.5 Å².